The van der Waals surface area contributed by atoms with Gasteiger partial charge in [0.2, 0.25) is 0 Å². The molecule has 0 aromatic carbocycles. The second kappa shape index (κ2) is 4.85. The van der Waals surface area contributed by atoms with E-state index in [0.717, 1.165) is 0 Å². The summed E-state index contributed by atoms with van der Waals surface area (Å²) in [5, 5.41) is 36.9. The Morgan fingerprint density at radius 3 is 2.65 bits per heavy atom. The Labute approximate surface area is 102 Å². The van der Waals surface area contributed by atoms with Crippen molar-refractivity contribution >= 4 is 20.5 Å². The number of carbonyl (C=O) groups is 1. The summed E-state index contributed by atoms with van der Waals surface area (Å²) in [5.74, 6) is -1.13. The van der Waals surface area contributed by atoms with Crippen LogP contribution in [-0.4, -0.2) is 70.8 Å². The van der Waals surface area contributed by atoms with Gasteiger partial charge in [0.15, 0.2) is 0 Å². The fourth-order valence-electron chi connectivity index (χ4n) is 1.62. The van der Waals surface area contributed by atoms with Gasteiger partial charge in [-0.25, -0.2) is 0 Å². The minimum absolute atomic E-state index is 0.0715. The van der Waals surface area contributed by atoms with Crippen molar-refractivity contribution in [3.8, 4) is 0 Å². The van der Waals surface area contributed by atoms with Gasteiger partial charge >= 0.3 is 102 Å². The Kier molecular flexibility index (Phi) is 3.62. The Hall–Kier alpha value is -0.761. The van der Waals surface area contributed by atoms with Crippen LogP contribution in [0.2, 0.25) is 0 Å². The summed E-state index contributed by atoms with van der Waals surface area (Å²) in [5.41, 5.74) is -0.0715. The molecule has 0 amide bonds. The summed E-state index contributed by atoms with van der Waals surface area (Å²) in [6.07, 6.45) is -4.07. The van der Waals surface area contributed by atoms with E-state index >= 15 is 0 Å². The third kappa shape index (κ3) is 2.28. The first-order chi connectivity index (χ1) is 8.04. The number of aliphatic hydroxyl groups is 3. The van der Waals surface area contributed by atoms with Crippen LogP contribution in [0.1, 0.15) is 21.2 Å². The van der Waals surface area contributed by atoms with E-state index in [1.54, 1.807) is 0 Å². The summed E-state index contributed by atoms with van der Waals surface area (Å²) in [7, 11) is 0. The second-order valence-electron chi connectivity index (χ2n) is 3.64. The number of aromatic nitrogens is 1. The van der Waals surface area contributed by atoms with Crippen LogP contribution in [0.5, 0.6) is 0 Å². The van der Waals surface area contributed by atoms with Crippen molar-refractivity contribution in [1.82, 2.24) is 4.98 Å². The van der Waals surface area contributed by atoms with Crippen molar-refractivity contribution in [2.45, 2.75) is 24.4 Å². The molecule has 1 aromatic heterocycles. The molecule has 1 aliphatic rings. The van der Waals surface area contributed by atoms with Gasteiger partial charge in [0, 0.05) is 0 Å². The van der Waals surface area contributed by atoms with Crippen molar-refractivity contribution in [2.24, 2.45) is 0 Å². The third-order valence-corrected chi connectivity index (χ3v) is 4.43. The summed E-state index contributed by atoms with van der Waals surface area (Å²) >= 11 is -0.316. The SMILES string of the molecule is O=C(O)c1c[se]c([C@@H]2O[C@H](CO)[C@@H](O)[C@H]2O)n1. The van der Waals surface area contributed by atoms with Gasteiger partial charge in [0.25, 0.3) is 0 Å². The zero-order chi connectivity index (χ0) is 12.6. The van der Waals surface area contributed by atoms with Gasteiger partial charge in [-0.3, -0.25) is 0 Å². The van der Waals surface area contributed by atoms with E-state index in [0.29, 0.717) is 4.57 Å². The normalized spacial score (nSPS) is 32.9. The third-order valence-electron chi connectivity index (χ3n) is 2.53. The summed E-state index contributed by atoms with van der Waals surface area (Å²) in [4.78, 5) is 16.0. The molecule has 1 fully saturated rings. The van der Waals surface area contributed by atoms with Gasteiger partial charge in [-0.15, -0.1) is 0 Å². The first-order valence-corrected chi connectivity index (χ1v) is 6.70. The maximum atomic E-state index is 10.7. The first-order valence-electron chi connectivity index (χ1n) is 4.85. The Bertz CT molecular complexity index is 421. The molecular formula is C9H11NO6Se. The summed E-state index contributed by atoms with van der Waals surface area (Å²) in [6, 6.07) is 0. The van der Waals surface area contributed by atoms with Gasteiger partial charge in [0.05, 0.1) is 0 Å². The molecule has 1 aromatic rings. The number of aliphatic hydroxyl groups excluding tert-OH is 3. The maximum absolute atomic E-state index is 10.7. The van der Waals surface area contributed by atoms with E-state index in [1.807, 2.05) is 0 Å². The van der Waals surface area contributed by atoms with Gasteiger partial charge in [0.1, 0.15) is 0 Å². The number of carboxylic acids is 1. The Morgan fingerprint density at radius 2 is 2.18 bits per heavy atom. The molecule has 4 atom stereocenters. The summed E-state index contributed by atoms with van der Waals surface area (Å²) in [6.45, 7) is -0.409. The number of ether oxygens (including phenoxy) is 1. The molecule has 0 aliphatic carbocycles. The molecule has 1 aliphatic heterocycles. The quantitative estimate of drug-likeness (QED) is 0.476. The van der Waals surface area contributed by atoms with E-state index in [1.165, 1.54) is 4.94 Å². The monoisotopic (exact) mass is 309 g/mol. The first kappa shape index (κ1) is 12.7. The topological polar surface area (TPSA) is 120 Å². The number of hydrogen-bond donors (Lipinski definition) is 4. The average molecular weight is 308 g/mol. The van der Waals surface area contributed by atoms with E-state index in [-0.39, 0.29) is 20.2 Å². The molecule has 0 radical (unpaired) electrons. The zero-order valence-electron chi connectivity index (χ0n) is 8.55. The number of aromatic carboxylic acids is 1. The van der Waals surface area contributed by atoms with Crippen LogP contribution < -0.4 is 0 Å². The standard InChI is InChI=1S/C9H11NO6Se/c11-1-4-5(12)6(13)7(16-4)8-10-3(2-17-8)9(14)15/h2,4-7,11-13H,1H2,(H,14,15)/t4-,5-,6-,7-/m1/s1. The molecule has 0 bridgehead atoms. The van der Waals surface area contributed by atoms with Gasteiger partial charge in [-0.1, -0.05) is 0 Å². The molecule has 2 rings (SSSR count). The molecule has 0 spiro atoms. The second-order valence-corrected chi connectivity index (χ2v) is 5.50. The predicted octanol–water partition coefficient (Wildman–Crippen LogP) is -2.01. The molecule has 8 heteroatoms. The van der Waals surface area contributed by atoms with Crippen LogP contribution >= 0.6 is 0 Å². The number of nitrogens with zero attached hydrogens (tertiary/aromatic N) is 1. The van der Waals surface area contributed by atoms with Crippen molar-refractivity contribution in [1.29, 1.82) is 0 Å². The average Bonchev–Trinajstić information content (AvgIpc) is 2.87. The number of rotatable bonds is 3. The van der Waals surface area contributed by atoms with Crippen LogP contribution in [-0.2, 0) is 4.74 Å². The van der Waals surface area contributed by atoms with Gasteiger partial charge < -0.3 is 0 Å². The van der Waals surface area contributed by atoms with Crippen molar-refractivity contribution in [2.75, 3.05) is 6.61 Å². The van der Waals surface area contributed by atoms with Crippen LogP contribution in [0.4, 0.5) is 0 Å². The van der Waals surface area contributed by atoms with Gasteiger partial charge in [-0.05, 0) is 0 Å². The van der Waals surface area contributed by atoms with Crippen LogP contribution in [0.25, 0.3) is 0 Å². The molecular weight excluding hydrogens is 297 g/mol. The van der Waals surface area contributed by atoms with Crippen molar-refractivity contribution in [3.05, 3.63) is 15.2 Å². The molecule has 0 saturated carbocycles. The number of hydrogen-bond acceptors (Lipinski definition) is 6. The van der Waals surface area contributed by atoms with Crippen molar-refractivity contribution < 1.29 is 30.0 Å². The molecule has 0 unspecified atom stereocenters. The van der Waals surface area contributed by atoms with Gasteiger partial charge in [-0.2, -0.15) is 0 Å². The molecule has 2 heterocycles. The fourth-order valence-corrected chi connectivity index (χ4v) is 3.44. The molecule has 7 nitrogen and oxygen atoms in total. The predicted molar refractivity (Wildman–Crippen MR) is 54.8 cm³/mol. The molecule has 1 saturated heterocycles. The summed E-state index contributed by atoms with van der Waals surface area (Å²) < 4.78 is 5.67. The van der Waals surface area contributed by atoms with E-state index in [9.17, 15) is 15.0 Å². The minimum atomic E-state index is -1.19. The van der Waals surface area contributed by atoms with E-state index < -0.39 is 37.0 Å². The molecule has 4 N–H and O–H groups in total. The van der Waals surface area contributed by atoms with Crippen molar-refractivity contribution in [3.63, 3.8) is 0 Å². The molecule has 17 heavy (non-hydrogen) atoms. The van der Waals surface area contributed by atoms with E-state index in [4.69, 9.17) is 14.9 Å². The van der Waals surface area contributed by atoms with Crippen LogP contribution in [0.3, 0.4) is 0 Å². The Balaban J connectivity index is 2.19. The Morgan fingerprint density at radius 1 is 1.47 bits per heavy atom. The van der Waals surface area contributed by atoms with E-state index in [2.05, 4.69) is 4.98 Å². The van der Waals surface area contributed by atoms with Crippen LogP contribution in [0, 0.1) is 0 Å². The fraction of sp³-hybridized carbons (Fsp3) is 0.556. The van der Waals surface area contributed by atoms with Crippen LogP contribution in [0.15, 0.2) is 4.94 Å². The number of carboxylic acid groups (broad SMARTS) is 1. The zero-order valence-corrected chi connectivity index (χ0v) is 10.3. The molecule has 94 valence electrons.